The first kappa shape index (κ1) is 15.8. The second-order valence-electron chi connectivity index (χ2n) is 5.39. The van der Waals surface area contributed by atoms with Gasteiger partial charge in [0, 0.05) is 10.5 Å². The van der Waals surface area contributed by atoms with E-state index in [0.29, 0.717) is 18.2 Å². The van der Waals surface area contributed by atoms with Crippen molar-refractivity contribution in [2.24, 2.45) is 0 Å². The molecule has 3 unspecified atom stereocenters. The standard InChI is InChI=1S/C16H24BrNO2/c1-4-18-14(16-7-5-11(2)20-16)10-12-9-13(17)6-8-15(12)19-3/h6,8-9,11,14,16,18H,4-5,7,10H2,1-3H3. The van der Waals surface area contributed by atoms with E-state index < -0.39 is 0 Å². The van der Waals surface area contributed by atoms with E-state index in [2.05, 4.69) is 41.2 Å². The Morgan fingerprint density at radius 2 is 2.25 bits per heavy atom. The van der Waals surface area contributed by atoms with Gasteiger partial charge in [-0.25, -0.2) is 0 Å². The highest BCUT2D eigenvalue weighted by Crippen LogP contribution is 2.28. The van der Waals surface area contributed by atoms with E-state index in [-0.39, 0.29) is 0 Å². The zero-order chi connectivity index (χ0) is 14.5. The van der Waals surface area contributed by atoms with E-state index in [0.717, 1.165) is 36.0 Å². The summed E-state index contributed by atoms with van der Waals surface area (Å²) in [6, 6.07) is 6.51. The van der Waals surface area contributed by atoms with Crippen LogP contribution in [0.25, 0.3) is 0 Å². The van der Waals surface area contributed by atoms with E-state index in [1.807, 2.05) is 12.1 Å². The lowest BCUT2D eigenvalue weighted by Crippen LogP contribution is -2.41. The molecule has 20 heavy (non-hydrogen) atoms. The van der Waals surface area contributed by atoms with Crippen LogP contribution >= 0.6 is 15.9 Å². The van der Waals surface area contributed by atoms with Gasteiger partial charge >= 0.3 is 0 Å². The number of likely N-dealkylation sites (N-methyl/N-ethyl adjacent to an activating group) is 1. The molecule has 1 heterocycles. The van der Waals surface area contributed by atoms with Gasteiger partial charge in [-0.1, -0.05) is 22.9 Å². The van der Waals surface area contributed by atoms with Gasteiger partial charge in [0.05, 0.1) is 19.3 Å². The van der Waals surface area contributed by atoms with Crippen molar-refractivity contribution in [3.63, 3.8) is 0 Å². The minimum Gasteiger partial charge on any atom is -0.496 e. The maximum absolute atomic E-state index is 6.04. The summed E-state index contributed by atoms with van der Waals surface area (Å²) in [5, 5.41) is 3.57. The summed E-state index contributed by atoms with van der Waals surface area (Å²) in [4.78, 5) is 0. The summed E-state index contributed by atoms with van der Waals surface area (Å²) in [5.74, 6) is 0.946. The van der Waals surface area contributed by atoms with E-state index >= 15 is 0 Å². The molecule has 0 aromatic heterocycles. The molecule has 1 aliphatic heterocycles. The fraction of sp³-hybridized carbons (Fsp3) is 0.625. The molecule has 0 radical (unpaired) electrons. The summed E-state index contributed by atoms with van der Waals surface area (Å²) in [5.41, 5.74) is 1.22. The minimum absolute atomic E-state index is 0.300. The quantitative estimate of drug-likeness (QED) is 0.858. The Kier molecular flexibility index (Phi) is 5.87. The third-order valence-electron chi connectivity index (χ3n) is 3.86. The third-order valence-corrected chi connectivity index (χ3v) is 4.36. The highest BCUT2D eigenvalue weighted by atomic mass is 79.9. The van der Waals surface area contributed by atoms with Crippen LogP contribution in [0.1, 0.15) is 32.3 Å². The van der Waals surface area contributed by atoms with Gasteiger partial charge in [0.1, 0.15) is 5.75 Å². The molecule has 2 rings (SSSR count). The number of hydrogen-bond donors (Lipinski definition) is 1. The van der Waals surface area contributed by atoms with Crippen LogP contribution in [0.2, 0.25) is 0 Å². The summed E-state index contributed by atoms with van der Waals surface area (Å²) in [6.07, 6.45) is 3.89. The minimum atomic E-state index is 0.300. The smallest absolute Gasteiger partial charge is 0.122 e. The van der Waals surface area contributed by atoms with Crippen molar-refractivity contribution in [1.29, 1.82) is 0 Å². The van der Waals surface area contributed by atoms with Gasteiger partial charge in [-0.3, -0.25) is 0 Å². The van der Waals surface area contributed by atoms with Gasteiger partial charge < -0.3 is 14.8 Å². The second kappa shape index (κ2) is 7.43. The van der Waals surface area contributed by atoms with Crippen LogP contribution in [0.4, 0.5) is 0 Å². The highest BCUT2D eigenvalue weighted by Gasteiger charge is 2.29. The zero-order valence-electron chi connectivity index (χ0n) is 12.5. The molecule has 1 aromatic rings. The molecular formula is C16H24BrNO2. The normalized spacial score (nSPS) is 23.8. The van der Waals surface area contributed by atoms with E-state index in [1.165, 1.54) is 5.56 Å². The Labute approximate surface area is 130 Å². The number of ether oxygens (including phenoxy) is 2. The Morgan fingerprint density at radius 3 is 2.85 bits per heavy atom. The SMILES string of the molecule is CCNC(Cc1cc(Br)ccc1OC)C1CCC(C)O1. The molecule has 0 saturated carbocycles. The lowest BCUT2D eigenvalue weighted by molar-refractivity contribution is 0.0323. The Hall–Kier alpha value is -0.580. The van der Waals surface area contributed by atoms with Crippen LogP contribution in [-0.2, 0) is 11.2 Å². The predicted octanol–water partition coefficient (Wildman–Crippen LogP) is 3.55. The Morgan fingerprint density at radius 1 is 1.45 bits per heavy atom. The Bertz CT molecular complexity index is 438. The fourth-order valence-electron chi connectivity index (χ4n) is 2.87. The average molecular weight is 342 g/mol. The first-order chi connectivity index (χ1) is 9.63. The summed E-state index contributed by atoms with van der Waals surface area (Å²) in [7, 11) is 1.73. The van der Waals surface area contributed by atoms with Gasteiger partial charge in [-0.05, 0) is 56.5 Å². The number of nitrogens with one attached hydrogen (secondary N) is 1. The molecule has 1 saturated heterocycles. The molecule has 1 aliphatic rings. The maximum atomic E-state index is 6.04. The molecule has 0 aliphatic carbocycles. The van der Waals surface area contributed by atoms with Gasteiger partial charge in [0.25, 0.3) is 0 Å². The van der Waals surface area contributed by atoms with Crippen molar-refractivity contribution < 1.29 is 9.47 Å². The molecule has 1 N–H and O–H groups in total. The summed E-state index contributed by atoms with van der Waals surface area (Å²) < 4.78 is 12.6. The van der Waals surface area contributed by atoms with Crippen molar-refractivity contribution in [1.82, 2.24) is 5.32 Å². The zero-order valence-corrected chi connectivity index (χ0v) is 14.1. The fourth-order valence-corrected chi connectivity index (χ4v) is 3.28. The van der Waals surface area contributed by atoms with Crippen LogP contribution in [0.5, 0.6) is 5.75 Å². The lowest BCUT2D eigenvalue weighted by Gasteiger charge is -2.25. The molecule has 0 bridgehead atoms. The molecule has 3 atom stereocenters. The Balaban J connectivity index is 2.13. The second-order valence-corrected chi connectivity index (χ2v) is 6.30. The summed E-state index contributed by atoms with van der Waals surface area (Å²) >= 11 is 3.54. The molecule has 4 heteroatoms. The van der Waals surface area contributed by atoms with E-state index in [4.69, 9.17) is 9.47 Å². The first-order valence-electron chi connectivity index (χ1n) is 7.35. The van der Waals surface area contributed by atoms with Crippen molar-refractivity contribution in [3.05, 3.63) is 28.2 Å². The molecule has 1 fully saturated rings. The van der Waals surface area contributed by atoms with Crippen molar-refractivity contribution in [2.75, 3.05) is 13.7 Å². The number of hydrogen-bond acceptors (Lipinski definition) is 3. The lowest BCUT2D eigenvalue weighted by atomic mass is 9.98. The number of halogens is 1. The monoisotopic (exact) mass is 341 g/mol. The molecule has 1 aromatic carbocycles. The van der Waals surface area contributed by atoms with Crippen molar-refractivity contribution in [3.8, 4) is 5.75 Å². The van der Waals surface area contributed by atoms with Crippen LogP contribution in [0.15, 0.2) is 22.7 Å². The van der Waals surface area contributed by atoms with Crippen molar-refractivity contribution >= 4 is 15.9 Å². The summed E-state index contributed by atoms with van der Waals surface area (Å²) in [6.45, 7) is 5.25. The van der Waals surface area contributed by atoms with E-state index in [1.54, 1.807) is 7.11 Å². The first-order valence-corrected chi connectivity index (χ1v) is 8.14. The highest BCUT2D eigenvalue weighted by molar-refractivity contribution is 9.10. The van der Waals surface area contributed by atoms with Gasteiger partial charge in [-0.15, -0.1) is 0 Å². The van der Waals surface area contributed by atoms with Gasteiger partial charge in [0.15, 0.2) is 0 Å². The van der Waals surface area contributed by atoms with Crippen molar-refractivity contribution in [2.45, 2.75) is 51.4 Å². The van der Waals surface area contributed by atoms with Gasteiger partial charge in [0.2, 0.25) is 0 Å². The average Bonchev–Trinajstić information content (AvgIpc) is 2.85. The number of benzene rings is 1. The van der Waals surface area contributed by atoms with Crippen LogP contribution in [0, 0.1) is 0 Å². The topological polar surface area (TPSA) is 30.5 Å². The van der Waals surface area contributed by atoms with Gasteiger partial charge in [-0.2, -0.15) is 0 Å². The van der Waals surface area contributed by atoms with Crippen LogP contribution in [-0.4, -0.2) is 31.9 Å². The van der Waals surface area contributed by atoms with E-state index in [9.17, 15) is 0 Å². The maximum Gasteiger partial charge on any atom is 0.122 e. The molecule has 0 amide bonds. The number of rotatable bonds is 6. The predicted molar refractivity (Wildman–Crippen MR) is 85.4 cm³/mol. The molecule has 112 valence electrons. The van der Waals surface area contributed by atoms with Crippen LogP contribution < -0.4 is 10.1 Å². The third kappa shape index (κ3) is 3.96. The number of methoxy groups -OCH3 is 1. The molecule has 0 spiro atoms. The molecule has 3 nitrogen and oxygen atoms in total. The largest absolute Gasteiger partial charge is 0.496 e. The van der Waals surface area contributed by atoms with Crippen LogP contribution in [0.3, 0.4) is 0 Å². The molecular weight excluding hydrogens is 318 g/mol.